The molecule has 2 aliphatic rings. The summed E-state index contributed by atoms with van der Waals surface area (Å²) in [6, 6.07) is 0. The topological polar surface area (TPSA) is 20.3 Å². The Morgan fingerprint density at radius 3 is 2.71 bits per heavy atom. The Balaban J connectivity index is 2.07. The lowest BCUT2D eigenvalue weighted by Crippen LogP contribution is -2.29. The van der Waals surface area contributed by atoms with Crippen molar-refractivity contribution >= 4 is 5.94 Å². The van der Waals surface area contributed by atoms with Crippen molar-refractivity contribution in [2.45, 2.75) is 25.7 Å². The normalized spacial score (nSPS) is 21.9. The molecule has 1 aliphatic heterocycles. The van der Waals surface area contributed by atoms with Crippen LogP contribution < -0.4 is 0 Å². The summed E-state index contributed by atoms with van der Waals surface area (Å²) in [5, 5.41) is 0. The van der Waals surface area contributed by atoms with Crippen molar-refractivity contribution in [2.24, 2.45) is 0 Å². The van der Waals surface area contributed by atoms with Gasteiger partial charge in [-0.2, -0.15) is 0 Å². The maximum Gasteiger partial charge on any atom is 0.128 e. The van der Waals surface area contributed by atoms with E-state index in [9.17, 15) is 4.79 Å². The summed E-state index contributed by atoms with van der Waals surface area (Å²) >= 11 is 0. The molecule has 0 N–H and O–H groups in total. The van der Waals surface area contributed by atoms with Gasteiger partial charge >= 0.3 is 0 Å². The largest absolute Gasteiger partial charge is 0.375 e. The highest BCUT2D eigenvalue weighted by Crippen LogP contribution is 2.22. The number of hydrogen-bond acceptors (Lipinski definition) is 2. The van der Waals surface area contributed by atoms with E-state index >= 15 is 0 Å². The van der Waals surface area contributed by atoms with Gasteiger partial charge in [-0.15, -0.1) is 0 Å². The maximum absolute atomic E-state index is 10.5. The minimum atomic E-state index is 0.764. The van der Waals surface area contributed by atoms with Gasteiger partial charge in [-0.3, -0.25) is 0 Å². The van der Waals surface area contributed by atoms with Crippen molar-refractivity contribution in [1.29, 1.82) is 0 Å². The van der Waals surface area contributed by atoms with Gasteiger partial charge in [-0.1, -0.05) is 6.08 Å². The van der Waals surface area contributed by atoms with E-state index in [-0.39, 0.29) is 0 Å². The van der Waals surface area contributed by atoms with Gasteiger partial charge in [0.2, 0.25) is 0 Å². The molecule has 2 heteroatoms. The quantitative estimate of drug-likeness (QED) is 0.588. The molecule has 0 aromatic carbocycles. The molecule has 2 rings (SSSR count). The molecule has 1 aliphatic carbocycles. The fraction of sp³-hybridized carbons (Fsp3) is 0.500. The van der Waals surface area contributed by atoms with E-state index in [0.29, 0.717) is 0 Å². The van der Waals surface area contributed by atoms with Crippen molar-refractivity contribution < 1.29 is 4.79 Å². The van der Waals surface area contributed by atoms with E-state index in [0.717, 1.165) is 25.1 Å². The van der Waals surface area contributed by atoms with E-state index in [4.69, 9.17) is 0 Å². The number of rotatable bonds is 1. The Kier molecular flexibility index (Phi) is 2.85. The van der Waals surface area contributed by atoms with Crippen molar-refractivity contribution in [3.63, 3.8) is 0 Å². The summed E-state index contributed by atoms with van der Waals surface area (Å²) in [7, 11) is 0. The number of nitrogens with zero attached hydrogens (tertiary/aromatic N) is 1. The van der Waals surface area contributed by atoms with Gasteiger partial charge in [-0.05, 0) is 31.4 Å². The van der Waals surface area contributed by atoms with E-state index in [2.05, 4.69) is 11.0 Å². The molecule has 0 saturated carbocycles. The molecular weight excluding hydrogens is 174 g/mol. The summed E-state index contributed by atoms with van der Waals surface area (Å²) in [6.45, 7) is 2.29. The molecule has 0 bridgehead atoms. The third-order valence-electron chi connectivity index (χ3n) is 2.85. The molecule has 0 spiro atoms. The number of likely N-dealkylation sites (tertiary alicyclic amines) is 1. The monoisotopic (exact) mass is 189 g/mol. The highest BCUT2D eigenvalue weighted by Gasteiger charge is 2.15. The zero-order valence-corrected chi connectivity index (χ0v) is 8.33. The molecule has 0 radical (unpaired) electrons. The van der Waals surface area contributed by atoms with E-state index in [1.807, 2.05) is 18.1 Å². The summed E-state index contributed by atoms with van der Waals surface area (Å²) in [6.07, 6.45) is 10.6. The van der Waals surface area contributed by atoms with Crippen LogP contribution in [0.2, 0.25) is 0 Å². The predicted molar refractivity (Wildman–Crippen MR) is 56.5 cm³/mol. The number of hydrogen-bond donors (Lipinski definition) is 0. The fourth-order valence-corrected chi connectivity index (χ4v) is 2.06. The predicted octanol–water partition coefficient (Wildman–Crippen LogP) is 2.07. The minimum Gasteiger partial charge on any atom is -0.375 e. The highest BCUT2D eigenvalue weighted by atomic mass is 16.1. The van der Waals surface area contributed by atoms with Gasteiger partial charge < -0.3 is 4.90 Å². The van der Waals surface area contributed by atoms with Crippen molar-refractivity contribution in [1.82, 2.24) is 4.90 Å². The number of carbonyl (C=O) groups excluding carboxylic acids is 1. The van der Waals surface area contributed by atoms with Crippen LogP contribution in [0.15, 0.2) is 29.5 Å². The first-order valence-corrected chi connectivity index (χ1v) is 5.26. The van der Waals surface area contributed by atoms with E-state index in [1.54, 1.807) is 0 Å². The first-order chi connectivity index (χ1) is 6.90. The number of piperidine rings is 1. The lowest BCUT2D eigenvalue weighted by Gasteiger charge is -2.31. The molecule has 0 aromatic rings. The summed E-state index contributed by atoms with van der Waals surface area (Å²) in [5.74, 6) is 1.99. The van der Waals surface area contributed by atoms with Crippen LogP contribution in [0.5, 0.6) is 0 Å². The molecule has 0 aromatic heterocycles. The first kappa shape index (κ1) is 9.29. The Bertz CT molecular complexity index is 315. The second kappa shape index (κ2) is 4.30. The van der Waals surface area contributed by atoms with E-state index < -0.39 is 0 Å². The van der Waals surface area contributed by atoms with E-state index in [1.165, 1.54) is 25.0 Å². The van der Waals surface area contributed by atoms with Gasteiger partial charge in [0.05, 0.1) is 0 Å². The van der Waals surface area contributed by atoms with Crippen molar-refractivity contribution in [3.05, 3.63) is 29.5 Å². The minimum absolute atomic E-state index is 0.764. The molecule has 1 fully saturated rings. The Morgan fingerprint density at radius 2 is 2.00 bits per heavy atom. The zero-order chi connectivity index (χ0) is 9.80. The average molecular weight is 189 g/mol. The second-order valence-electron chi connectivity index (χ2n) is 3.87. The Labute approximate surface area is 84.6 Å². The standard InChI is InChI=1S/C12H15NO/c14-10-11-5-4-6-12(9-11)13-7-2-1-3-8-13/h4-6H,1-3,7-9H2. The SMILES string of the molecule is O=C=C1C=CC=C(N2CCCCC2)C1. The van der Waals surface area contributed by atoms with Crippen LogP contribution in [-0.4, -0.2) is 23.9 Å². The molecule has 2 nitrogen and oxygen atoms in total. The molecule has 1 heterocycles. The third kappa shape index (κ3) is 1.97. The molecule has 1 saturated heterocycles. The van der Waals surface area contributed by atoms with Gasteiger partial charge in [-0.25, -0.2) is 4.79 Å². The third-order valence-corrected chi connectivity index (χ3v) is 2.85. The van der Waals surface area contributed by atoms with Gasteiger partial charge in [0.1, 0.15) is 5.94 Å². The van der Waals surface area contributed by atoms with Crippen LogP contribution in [0.1, 0.15) is 25.7 Å². The first-order valence-electron chi connectivity index (χ1n) is 5.26. The lowest BCUT2D eigenvalue weighted by atomic mass is 10.0. The second-order valence-corrected chi connectivity index (χ2v) is 3.87. The zero-order valence-electron chi connectivity index (χ0n) is 8.33. The molecule has 74 valence electrons. The van der Waals surface area contributed by atoms with Gasteiger partial charge in [0.15, 0.2) is 0 Å². The van der Waals surface area contributed by atoms with Gasteiger partial charge in [0.25, 0.3) is 0 Å². The number of allylic oxidation sites excluding steroid dienone is 4. The smallest absolute Gasteiger partial charge is 0.128 e. The van der Waals surface area contributed by atoms with Crippen LogP contribution >= 0.6 is 0 Å². The molecule has 0 atom stereocenters. The summed E-state index contributed by atoms with van der Waals surface area (Å²) in [4.78, 5) is 12.9. The highest BCUT2D eigenvalue weighted by molar-refractivity contribution is 5.60. The fourth-order valence-electron chi connectivity index (χ4n) is 2.06. The molecular formula is C12H15NO. The van der Waals surface area contributed by atoms with Crippen molar-refractivity contribution in [3.8, 4) is 0 Å². The van der Waals surface area contributed by atoms with Gasteiger partial charge in [0, 0.05) is 30.8 Å². The lowest BCUT2D eigenvalue weighted by molar-refractivity contribution is 0.280. The molecule has 0 unspecified atom stereocenters. The average Bonchev–Trinajstić information content (AvgIpc) is 2.30. The molecule has 0 amide bonds. The Hall–Kier alpha value is -1.27. The van der Waals surface area contributed by atoms with Crippen LogP contribution in [0.4, 0.5) is 0 Å². The Morgan fingerprint density at radius 1 is 1.21 bits per heavy atom. The summed E-state index contributed by atoms with van der Waals surface area (Å²) < 4.78 is 0. The van der Waals surface area contributed by atoms with Crippen LogP contribution in [0.3, 0.4) is 0 Å². The van der Waals surface area contributed by atoms with Crippen LogP contribution in [-0.2, 0) is 4.79 Å². The summed E-state index contributed by atoms with van der Waals surface area (Å²) in [5.41, 5.74) is 2.05. The van der Waals surface area contributed by atoms with Crippen LogP contribution in [0, 0.1) is 0 Å². The molecule has 14 heavy (non-hydrogen) atoms. The maximum atomic E-state index is 10.5. The van der Waals surface area contributed by atoms with Crippen molar-refractivity contribution in [2.75, 3.05) is 13.1 Å². The van der Waals surface area contributed by atoms with Crippen LogP contribution in [0.25, 0.3) is 0 Å².